The van der Waals surface area contributed by atoms with Crippen molar-refractivity contribution in [3.8, 4) is 0 Å². The van der Waals surface area contributed by atoms with Gasteiger partial charge in [0.2, 0.25) is 0 Å². The van der Waals surface area contributed by atoms with Crippen LogP contribution < -0.4 is 5.32 Å². The highest BCUT2D eigenvalue weighted by molar-refractivity contribution is 5.57. The molecule has 0 amide bonds. The number of hydrogen-bond donors (Lipinski definition) is 1. The Kier molecular flexibility index (Phi) is 3.61. The topological polar surface area (TPSA) is 12.0 Å². The van der Waals surface area contributed by atoms with Crippen molar-refractivity contribution in [3.63, 3.8) is 0 Å². The van der Waals surface area contributed by atoms with Crippen molar-refractivity contribution in [2.75, 3.05) is 6.54 Å². The normalized spacial score (nSPS) is 27.0. The first kappa shape index (κ1) is 11.6. The average Bonchev–Trinajstić information content (AvgIpc) is 2.74. The van der Waals surface area contributed by atoms with Crippen LogP contribution in [-0.4, -0.2) is 12.6 Å². The van der Waals surface area contributed by atoms with Crippen molar-refractivity contribution in [2.45, 2.75) is 44.2 Å². The third-order valence-corrected chi connectivity index (χ3v) is 4.24. The van der Waals surface area contributed by atoms with Gasteiger partial charge < -0.3 is 5.32 Å². The second kappa shape index (κ2) is 8.09. The number of nitrogens with one attached hydrogen (secondary N) is 1. The Hall–Kier alpha value is -2.07. The SMILES string of the molecule is [2H]C1=C([2H])c2ccccc2C([2H])([C@]([2H])(NCCCc2cccc(C(F)(F)F)c2)C([2H])([2H])[2H])C1. The highest BCUT2D eigenvalue weighted by Crippen LogP contribution is 2.32. The molecule has 2 aromatic rings. The first-order valence-corrected chi connectivity index (χ1v) is 8.38. The van der Waals surface area contributed by atoms with Gasteiger partial charge in [0.15, 0.2) is 0 Å². The molecule has 0 heterocycles. The maximum absolute atomic E-state index is 12.9. The van der Waals surface area contributed by atoms with Crippen LogP contribution in [0, 0.1) is 0 Å². The summed E-state index contributed by atoms with van der Waals surface area (Å²) in [6, 6.07) is 8.26. The molecule has 0 aromatic heterocycles. The van der Waals surface area contributed by atoms with Gasteiger partial charge >= 0.3 is 6.18 Å². The Labute approximate surface area is 162 Å². The summed E-state index contributed by atoms with van der Waals surface area (Å²) in [5, 5.41) is 2.66. The van der Waals surface area contributed by atoms with Crippen molar-refractivity contribution in [1.29, 1.82) is 0 Å². The lowest BCUT2D eigenvalue weighted by Gasteiger charge is -2.28. The predicted molar refractivity (Wildman–Crippen MR) is 100 cm³/mol. The lowest BCUT2D eigenvalue weighted by molar-refractivity contribution is -0.137. The molecule has 1 aliphatic carbocycles. The van der Waals surface area contributed by atoms with Gasteiger partial charge in [0, 0.05) is 18.8 Å². The summed E-state index contributed by atoms with van der Waals surface area (Å²) in [6.07, 6.45) is -4.43. The fourth-order valence-electron chi connectivity index (χ4n) is 2.92. The Bertz CT molecular complexity index is 1050. The standard InChI is InChI=1S/C22H24F3N/c1-16(20-13-5-10-18-9-2-3-12-21(18)20)26-14-6-8-17-7-4-11-19(15-17)22(23,24)25/h2-5,7,9-12,15-16,20,26H,6,8,13-14H2,1H3/t16-,20?/m1/s1/i1D3,5D,10D,16D,20D. The summed E-state index contributed by atoms with van der Waals surface area (Å²) in [6.45, 7) is -3.00. The van der Waals surface area contributed by atoms with Crippen molar-refractivity contribution in [1.82, 2.24) is 5.32 Å². The van der Waals surface area contributed by atoms with E-state index in [9.17, 15) is 13.2 Å². The van der Waals surface area contributed by atoms with Crippen LogP contribution in [0.4, 0.5) is 13.2 Å². The van der Waals surface area contributed by atoms with Crippen molar-refractivity contribution >= 4 is 6.05 Å². The van der Waals surface area contributed by atoms with Gasteiger partial charge in [-0.2, -0.15) is 13.2 Å². The van der Waals surface area contributed by atoms with Crippen LogP contribution in [0.5, 0.6) is 0 Å². The molecule has 0 spiro atoms. The monoisotopic (exact) mass is 366 g/mol. The van der Waals surface area contributed by atoms with Crippen molar-refractivity contribution in [2.24, 2.45) is 0 Å². The van der Waals surface area contributed by atoms with E-state index in [2.05, 4.69) is 5.32 Å². The number of allylic oxidation sites excluding steroid dienone is 1. The molecule has 0 aliphatic heterocycles. The van der Waals surface area contributed by atoms with E-state index in [0.717, 1.165) is 12.1 Å². The minimum Gasteiger partial charge on any atom is -0.314 e. The molecule has 0 bridgehead atoms. The lowest BCUT2D eigenvalue weighted by atomic mass is 9.83. The lowest BCUT2D eigenvalue weighted by Crippen LogP contribution is -2.33. The summed E-state index contributed by atoms with van der Waals surface area (Å²) in [7, 11) is 0. The van der Waals surface area contributed by atoms with Gasteiger partial charge in [0.25, 0.3) is 0 Å². The number of alkyl halides is 3. The average molecular weight is 366 g/mol. The Morgan fingerprint density at radius 1 is 1.31 bits per heavy atom. The first-order chi connectivity index (χ1) is 15.2. The minimum atomic E-state index is -4.46. The molecule has 1 aliphatic rings. The number of halogens is 3. The van der Waals surface area contributed by atoms with Crippen LogP contribution in [-0.2, 0) is 12.6 Å². The van der Waals surface area contributed by atoms with E-state index in [4.69, 9.17) is 9.60 Å². The molecule has 3 rings (SSSR count). The number of aryl methyl sites for hydroxylation is 1. The van der Waals surface area contributed by atoms with Gasteiger partial charge in [0.05, 0.1) is 8.30 Å². The third kappa shape index (κ3) is 4.55. The largest absolute Gasteiger partial charge is 0.416 e. The predicted octanol–water partition coefficient (Wildman–Crippen LogP) is 5.82. The summed E-state index contributed by atoms with van der Waals surface area (Å²) < 4.78 is 97.0. The fourth-order valence-corrected chi connectivity index (χ4v) is 2.92. The van der Waals surface area contributed by atoms with Crippen LogP contribution in [0.3, 0.4) is 0 Å². The minimum absolute atomic E-state index is 0.0360. The molecule has 1 nitrogen and oxygen atoms in total. The van der Waals surface area contributed by atoms with Gasteiger partial charge in [-0.15, -0.1) is 0 Å². The van der Waals surface area contributed by atoms with E-state index < -0.39 is 36.9 Å². The highest BCUT2D eigenvalue weighted by atomic mass is 19.4. The van der Waals surface area contributed by atoms with Crippen LogP contribution in [0.2, 0.25) is 0 Å². The smallest absolute Gasteiger partial charge is 0.314 e. The maximum Gasteiger partial charge on any atom is 0.416 e. The zero-order valence-electron chi connectivity index (χ0n) is 21.1. The molecule has 0 radical (unpaired) electrons. The van der Waals surface area contributed by atoms with Crippen molar-refractivity contribution < 1.29 is 22.8 Å². The Morgan fingerprint density at radius 2 is 2.15 bits per heavy atom. The van der Waals surface area contributed by atoms with Crippen LogP contribution in [0.1, 0.15) is 57.4 Å². The zero-order chi connectivity index (χ0) is 24.7. The summed E-state index contributed by atoms with van der Waals surface area (Å²) in [4.78, 5) is 0. The van der Waals surface area contributed by atoms with E-state index in [-0.39, 0.29) is 42.6 Å². The number of benzene rings is 2. The molecule has 0 fully saturated rings. The molecule has 4 heteroatoms. The Balaban J connectivity index is 1.84. The van der Waals surface area contributed by atoms with Crippen LogP contribution in [0.15, 0.2) is 54.6 Å². The second-order valence-electron chi connectivity index (χ2n) is 6.11. The molecule has 0 saturated carbocycles. The van der Waals surface area contributed by atoms with E-state index in [1.807, 2.05) is 0 Å². The number of rotatable bonds is 6. The molecule has 1 unspecified atom stereocenters. The van der Waals surface area contributed by atoms with Gasteiger partial charge in [-0.3, -0.25) is 0 Å². The molecule has 1 N–H and O–H groups in total. The summed E-state index contributed by atoms with van der Waals surface area (Å²) in [5.74, 6) is -2.08. The van der Waals surface area contributed by atoms with Gasteiger partial charge in [-0.05, 0) is 55.4 Å². The molecule has 2 aromatic carbocycles. The van der Waals surface area contributed by atoms with Crippen molar-refractivity contribution in [3.05, 3.63) is 76.8 Å². The van der Waals surface area contributed by atoms with Gasteiger partial charge in [0.1, 0.15) is 0 Å². The third-order valence-electron chi connectivity index (χ3n) is 4.24. The van der Waals surface area contributed by atoms with E-state index in [0.29, 0.717) is 5.56 Å². The maximum atomic E-state index is 12.9. The highest BCUT2D eigenvalue weighted by Gasteiger charge is 2.30. The van der Waals surface area contributed by atoms with E-state index >= 15 is 0 Å². The van der Waals surface area contributed by atoms with E-state index in [1.165, 1.54) is 18.2 Å². The Morgan fingerprint density at radius 3 is 2.96 bits per heavy atom. The van der Waals surface area contributed by atoms with Crippen LogP contribution in [0.25, 0.3) is 6.05 Å². The number of fused-ring (bicyclic) bond motifs is 1. The summed E-state index contributed by atoms with van der Waals surface area (Å²) in [5.41, 5.74) is 0.0861. The summed E-state index contributed by atoms with van der Waals surface area (Å²) >= 11 is 0. The molecule has 138 valence electrons. The molecular weight excluding hydrogens is 335 g/mol. The first-order valence-electron chi connectivity index (χ1n) is 11.9. The van der Waals surface area contributed by atoms with Gasteiger partial charge in [-0.25, -0.2) is 0 Å². The van der Waals surface area contributed by atoms with E-state index in [1.54, 1.807) is 18.2 Å². The molecule has 26 heavy (non-hydrogen) atoms. The zero-order valence-corrected chi connectivity index (χ0v) is 14.1. The van der Waals surface area contributed by atoms with Gasteiger partial charge in [-0.1, -0.05) is 54.6 Å². The quantitative estimate of drug-likeness (QED) is 0.636. The molecule has 2 atom stereocenters. The molecule has 0 saturated heterocycles. The second-order valence-corrected chi connectivity index (χ2v) is 6.11. The fraction of sp³-hybridized carbons (Fsp3) is 0.364. The number of hydrogen-bond acceptors (Lipinski definition) is 1. The van der Waals surface area contributed by atoms with Crippen LogP contribution >= 0.6 is 0 Å². The molecular formula is C22H24F3N.